The summed E-state index contributed by atoms with van der Waals surface area (Å²) in [6.07, 6.45) is 1.76. The molecular weight excluding hydrogens is 328 g/mol. The van der Waals surface area contributed by atoms with Crippen LogP contribution in [0.3, 0.4) is 0 Å². The van der Waals surface area contributed by atoms with E-state index < -0.39 is 0 Å². The van der Waals surface area contributed by atoms with Crippen LogP contribution < -0.4 is 10.5 Å². The fraction of sp³-hybridized carbons (Fsp3) is 0.118. The Morgan fingerprint density at radius 1 is 1.00 bits per heavy atom. The zero-order valence-electron chi connectivity index (χ0n) is 11.4. The van der Waals surface area contributed by atoms with Crippen LogP contribution in [0.2, 0.25) is 0 Å². The van der Waals surface area contributed by atoms with Gasteiger partial charge in [0.05, 0.1) is 5.69 Å². The van der Waals surface area contributed by atoms with Crippen molar-refractivity contribution in [1.29, 1.82) is 0 Å². The molecule has 0 saturated heterocycles. The highest BCUT2D eigenvalue weighted by molar-refractivity contribution is 9.10. The van der Waals surface area contributed by atoms with Gasteiger partial charge in [-0.25, -0.2) is 0 Å². The van der Waals surface area contributed by atoms with Crippen LogP contribution in [0.4, 0.5) is 0 Å². The quantitative estimate of drug-likeness (QED) is 0.778. The number of aromatic nitrogens is 1. The molecule has 0 aliphatic heterocycles. The van der Waals surface area contributed by atoms with Crippen LogP contribution >= 0.6 is 15.9 Å². The van der Waals surface area contributed by atoms with Crippen LogP contribution in [-0.2, 0) is 13.2 Å². The fourth-order valence-electron chi connectivity index (χ4n) is 2.18. The summed E-state index contributed by atoms with van der Waals surface area (Å²) in [5.74, 6) is 0.857. The van der Waals surface area contributed by atoms with E-state index in [1.54, 1.807) is 6.20 Å². The van der Waals surface area contributed by atoms with Crippen LogP contribution in [0, 0.1) is 0 Å². The van der Waals surface area contributed by atoms with Crippen molar-refractivity contribution in [1.82, 2.24) is 4.98 Å². The molecular formula is C17H15BrN2O. The smallest absolute Gasteiger partial charge is 0.120 e. The van der Waals surface area contributed by atoms with Gasteiger partial charge in [0.15, 0.2) is 0 Å². The fourth-order valence-corrected chi connectivity index (χ4v) is 2.56. The highest BCUT2D eigenvalue weighted by Gasteiger charge is 2.01. The zero-order valence-corrected chi connectivity index (χ0v) is 13.0. The first-order valence-corrected chi connectivity index (χ1v) is 7.50. The molecule has 3 rings (SSSR count). The second-order valence-electron chi connectivity index (χ2n) is 4.80. The molecule has 0 bridgehead atoms. The van der Waals surface area contributed by atoms with Crippen molar-refractivity contribution in [2.45, 2.75) is 13.2 Å². The lowest BCUT2D eigenvalue weighted by atomic mass is 10.1. The molecule has 21 heavy (non-hydrogen) atoms. The van der Waals surface area contributed by atoms with Crippen LogP contribution in [0.5, 0.6) is 5.75 Å². The van der Waals surface area contributed by atoms with Crippen molar-refractivity contribution in [3.63, 3.8) is 0 Å². The number of hydrogen-bond donors (Lipinski definition) is 1. The predicted octanol–water partition coefficient (Wildman–Crippen LogP) is 4.04. The minimum absolute atomic E-state index is 0.443. The highest BCUT2D eigenvalue weighted by Crippen LogP contribution is 2.24. The van der Waals surface area contributed by atoms with E-state index in [0.29, 0.717) is 13.2 Å². The molecule has 0 amide bonds. The SMILES string of the molecule is NCc1cc(COc2ccc3cc(Br)ccc3c2)ccn1. The lowest BCUT2D eigenvalue weighted by Gasteiger charge is -2.08. The first kappa shape index (κ1) is 14.0. The summed E-state index contributed by atoms with van der Waals surface area (Å²) in [7, 11) is 0. The first-order valence-electron chi connectivity index (χ1n) is 6.70. The van der Waals surface area contributed by atoms with Crippen molar-refractivity contribution in [2.24, 2.45) is 5.73 Å². The topological polar surface area (TPSA) is 48.1 Å². The minimum Gasteiger partial charge on any atom is -0.489 e. The average Bonchev–Trinajstić information content (AvgIpc) is 2.53. The molecule has 0 spiro atoms. The lowest BCUT2D eigenvalue weighted by molar-refractivity contribution is 0.306. The number of benzene rings is 2. The van der Waals surface area contributed by atoms with Crippen molar-refractivity contribution in [3.8, 4) is 5.75 Å². The maximum atomic E-state index is 5.85. The second kappa shape index (κ2) is 6.24. The van der Waals surface area contributed by atoms with Crippen molar-refractivity contribution < 1.29 is 4.74 Å². The molecule has 0 atom stereocenters. The third kappa shape index (κ3) is 3.40. The largest absolute Gasteiger partial charge is 0.489 e. The Morgan fingerprint density at radius 2 is 1.81 bits per heavy atom. The molecule has 2 aromatic carbocycles. The van der Waals surface area contributed by atoms with Gasteiger partial charge >= 0.3 is 0 Å². The normalized spacial score (nSPS) is 10.8. The Bertz CT molecular complexity index is 774. The molecule has 106 valence electrons. The van der Waals surface area contributed by atoms with E-state index in [2.05, 4.69) is 39.1 Å². The van der Waals surface area contributed by atoms with E-state index in [9.17, 15) is 0 Å². The molecule has 4 heteroatoms. The highest BCUT2D eigenvalue weighted by atomic mass is 79.9. The van der Waals surface area contributed by atoms with E-state index in [1.165, 1.54) is 5.39 Å². The number of nitrogens with two attached hydrogens (primary N) is 1. The Labute approximate surface area is 131 Å². The number of halogens is 1. The monoisotopic (exact) mass is 342 g/mol. The number of rotatable bonds is 4. The summed E-state index contributed by atoms with van der Waals surface area (Å²) in [4.78, 5) is 4.18. The van der Waals surface area contributed by atoms with Gasteiger partial charge in [-0.2, -0.15) is 0 Å². The van der Waals surface area contributed by atoms with E-state index in [0.717, 1.165) is 26.9 Å². The van der Waals surface area contributed by atoms with Gasteiger partial charge in [0.25, 0.3) is 0 Å². The van der Waals surface area contributed by atoms with Gasteiger partial charge in [-0.15, -0.1) is 0 Å². The van der Waals surface area contributed by atoms with Crippen molar-refractivity contribution >= 4 is 26.7 Å². The van der Waals surface area contributed by atoms with Gasteiger partial charge in [0.1, 0.15) is 12.4 Å². The maximum Gasteiger partial charge on any atom is 0.120 e. The van der Waals surface area contributed by atoms with Gasteiger partial charge in [0.2, 0.25) is 0 Å². The predicted molar refractivity (Wildman–Crippen MR) is 88.1 cm³/mol. The number of hydrogen-bond acceptors (Lipinski definition) is 3. The Hall–Kier alpha value is -1.91. The lowest BCUT2D eigenvalue weighted by Crippen LogP contribution is -2.02. The Balaban J connectivity index is 1.77. The summed E-state index contributed by atoms with van der Waals surface area (Å²) in [5, 5.41) is 2.35. The van der Waals surface area contributed by atoms with Crippen LogP contribution in [0.1, 0.15) is 11.3 Å². The summed E-state index contributed by atoms with van der Waals surface area (Å²) < 4.78 is 6.93. The van der Waals surface area contributed by atoms with Gasteiger partial charge in [0, 0.05) is 17.2 Å². The van der Waals surface area contributed by atoms with Crippen LogP contribution in [0.25, 0.3) is 10.8 Å². The third-order valence-electron chi connectivity index (χ3n) is 3.27. The molecule has 1 heterocycles. The number of ether oxygens (including phenoxy) is 1. The standard InChI is InChI=1S/C17H15BrN2O/c18-15-3-1-14-9-17(4-2-13(14)8-15)21-11-12-5-6-20-16(7-12)10-19/h1-9H,10-11,19H2. The summed E-state index contributed by atoms with van der Waals surface area (Å²) in [6, 6.07) is 16.2. The number of nitrogens with zero attached hydrogens (tertiary/aromatic N) is 1. The maximum absolute atomic E-state index is 5.85. The average molecular weight is 343 g/mol. The van der Waals surface area contributed by atoms with Crippen LogP contribution in [-0.4, -0.2) is 4.98 Å². The molecule has 0 aliphatic carbocycles. The van der Waals surface area contributed by atoms with Gasteiger partial charge < -0.3 is 10.5 Å². The van der Waals surface area contributed by atoms with Gasteiger partial charge in [-0.3, -0.25) is 4.98 Å². The molecule has 3 nitrogen and oxygen atoms in total. The third-order valence-corrected chi connectivity index (χ3v) is 3.76. The molecule has 0 radical (unpaired) electrons. The zero-order chi connectivity index (χ0) is 14.7. The summed E-state index contributed by atoms with van der Waals surface area (Å²) in [5.41, 5.74) is 7.54. The molecule has 0 fully saturated rings. The minimum atomic E-state index is 0.443. The van der Waals surface area contributed by atoms with E-state index in [1.807, 2.05) is 30.3 Å². The molecule has 3 aromatic rings. The van der Waals surface area contributed by atoms with Gasteiger partial charge in [-0.05, 0) is 52.7 Å². The van der Waals surface area contributed by atoms with Gasteiger partial charge in [-0.1, -0.05) is 28.1 Å². The molecule has 2 N–H and O–H groups in total. The molecule has 0 unspecified atom stereocenters. The van der Waals surface area contributed by atoms with E-state index in [4.69, 9.17) is 10.5 Å². The summed E-state index contributed by atoms with van der Waals surface area (Å²) >= 11 is 3.48. The first-order chi connectivity index (χ1) is 10.2. The van der Waals surface area contributed by atoms with Crippen molar-refractivity contribution in [3.05, 3.63) is 70.5 Å². The second-order valence-corrected chi connectivity index (χ2v) is 5.72. The Morgan fingerprint density at radius 3 is 2.67 bits per heavy atom. The number of pyridine rings is 1. The summed E-state index contributed by atoms with van der Waals surface area (Å²) in [6.45, 7) is 0.955. The van der Waals surface area contributed by atoms with Crippen LogP contribution in [0.15, 0.2) is 59.2 Å². The van der Waals surface area contributed by atoms with E-state index in [-0.39, 0.29) is 0 Å². The molecule has 1 aromatic heterocycles. The van der Waals surface area contributed by atoms with E-state index >= 15 is 0 Å². The molecule has 0 aliphatic rings. The van der Waals surface area contributed by atoms with Crippen molar-refractivity contribution in [2.75, 3.05) is 0 Å². The Kier molecular flexibility index (Phi) is 4.18. The number of fused-ring (bicyclic) bond motifs is 1. The molecule has 0 saturated carbocycles.